The van der Waals surface area contributed by atoms with Crippen LogP contribution in [0.15, 0.2) is 23.1 Å². The Kier molecular flexibility index (Phi) is 4.22. The number of benzene rings is 1. The van der Waals surface area contributed by atoms with Crippen molar-refractivity contribution < 1.29 is 8.42 Å². The molecule has 20 heavy (non-hydrogen) atoms. The minimum Gasteiger partial charge on any atom is -0.397 e. The van der Waals surface area contributed by atoms with E-state index in [1.165, 1.54) is 29.5 Å². The van der Waals surface area contributed by atoms with Gasteiger partial charge in [-0.3, -0.25) is 4.72 Å². The summed E-state index contributed by atoms with van der Waals surface area (Å²) in [6, 6.07) is 4.18. The van der Waals surface area contributed by atoms with Gasteiger partial charge in [0, 0.05) is 4.88 Å². The number of halogens is 1. The zero-order chi connectivity index (χ0) is 14.9. The van der Waals surface area contributed by atoms with Gasteiger partial charge in [-0.15, -0.1) is 11.3 Å². The first kappa shape index (κ1) is 15.1. The van der Waals surface area contributed by atoms with Crippen molar-refractivity contribution in [2.75, 3.05) is 10.5 Å². The van der Waals surface area contributed by atoms with Gasteiger partial charge < -0.3 is 5.73 Å². The largest absolute Gasteiger partial charge is 0.397 e. The molecule has 108 valence electrons. The smallest absolute Gasteiger partial charge is 0.263 e. The highest BCUT2D eigenvalue weighted by Gasteiger charge is 2.18. The van der Waals surface area contributed by atoms with Gasteiger partial charge >= 0.3 is 0 Å². The number of sulfonamides is 1. The highest BCUT2D eigenvalue weighted by molar-refractivity contribution is 7.93. The van der Waals surface area contributed by atoms with Crippen molar-refractivity contribution in [2.45, 2.75) is 25.2 Å². The molecule has 0 aliphatic rings. The molecule has 1 heterocycles. The van der Waals surface area contributed by atoms with E-state index < -0.39 is 10.0 Å². The molecule has 3 N–H and O–H groups in total. The average Bonchev–Trinajstić information content (AvgIpc) is 2.71. The Morgan fingerprint density at radius 2 is 2.15 bits per heavy atom. The first-order chi connectivity index (χ1) is 9.33. The minimum atomic E-state index is -3.70. The van der Waals surface area contributed by atoms with Gasteiger partial charge in [-0.05, 0) is 31.5 Å². The van der Waals surface area contributed by atoms with Gasteiger partial charge in [-0.25, -0.2) is 13.4 Å². The van der Waals surface area contributed by atoms with Crippen LogP contribution in [-0.2, 0) is 16.4 Å². The molecule has 0 atom stereocenters. The molecule has 0 saturated heterocycles. The van der Waals surface area contributed by atoms with E-state index >= 15 is 0 Å². The third kappa shape index (κ3) is 3.05. The van der Waals surface area contributed by atoms with Crippen LogP contribution < -0.4 is 10.5 Å². The second kappa shape index (κ2) is 5.59. The zero-order valence-electron chi connectivity index (χ0n) is 11.0. The molecule has 0 aliphatic heterocycles. The van der Waals surface area contributed by atoms with Crippen molar-refractivity contribution in [3.05, 3.63) is 33.8 Å². The molecule has 0 aliphatic carbocycles. The summed E-state index contributed by atoms with van der Waals surface area (Å²) in [7, 11) is -3.70. The fourth-order valence-electron chi connectivity index (χ4n) is 1.66. The van der Waals surface area contributed by atoms with E-state index in [-0.39, 0.29) is 10.6 Å². The van der Waals surface area contributed by atoms with Crippen molar-refractivity contribution in [1.29, 1.82) is 0 Å². The summed E-state index contributed by atoms with van der Waals surface area (Å²) < 4.78 is 26.9. The molecule has 0 spiro atoms. The third-order valence-corrected chi connectivity index (χ3v) is 5.47. The molecule has 5 nitrogen and oxygen atoms in total. The zero-order valence-corrected chi connectivity index (χ0v) is 13.4. The van der Waals surface area contributed by atoms with Gasteiger partial charge in [0.05, 0.1) is 21.3 Å². The molecule has 0 saturated carbocycles. The fraction of sp³-hybridized carbons (Fsp3) is 0.250. The summed E-state index contributed by atoms with van der Waals surface area (Å²) in [5, 5.41) is 0.676. The topological polar surface area (TPSA) is 85.1 Å². The summed E-state index contributed by atoms with van der Waals surface area (Å²) in [4.78, 5) is 5.31. The third-order valence-electron chi connectivity index (χ3n) is 2.73. The molecule has 0 unspecified atom stereocenters. The van der Waals surface area contributed by atoms with Crippen LogP contribution in [0.5, 0.6) is 0 Å². The number of hydrogen-bond donors (Lipinski definition) is 2. The number of anilines is 2. The van der Waals surface area contributed by atoms with Gasteiger partial charge in [0.1, 0.15) is 0 Å². The van der Waals surface area contributed by atoms with E-state index in [4.69, 9.17) is 17.3 Å². The van der Waals surface area contributed by atoms with E-state index in [0.29, 0.717) is 10.2 Å². The van der Waals surface area contributed by atoms with Crippen LogP contribution in [0.3, 0.4) is 0 Å². The van der Waals surface area contributed by atoms with Crippen LogP contribution in [0.1, 0.15) is 17.5 Å². The number of aryl methyl sites for hydroxylation is 2. The molecule has 0 radical (unpaired) electrons. The summed E-state index contributed by atoms with van der Waals surface area (Å²) in [5.41, 5.74) is 6.74. The van der Waals surface area contributed by atoms with Gasteiger partial charge in [0.25, 0.3) is 10.0 Å². The normalized spacial score (nSPS) is 11.6. The van der Waals surface area contributed by atoms with Crippen LogP contribution >= 0.6 is 22.9 Å². The van der Waals surface area contributed by atoms with Gasteiger partial charge in [0.2, 0.25) is 0 Å². The number of nitrogens with one attached hydrogen (secondary N) is 1. The Hall–Kier alpha value is -1.31. The maximum atomic E-state index is 12.2. The summed E-state index contributed by atoms with van der Waals surface area (Å²) in [5.74, 6) is 0. The quantitative estimate of drug-likeness (QED) is 0.843. The highest BCUT2D eigenvalue weighted by atomic mass is 35.5. The van der Waals surface area contributed by atoms with Crippen LogP contribution in [0.25, 0.3) is 0 Å². The van der Waals surface area contributed by atoms with Crippen molar-refractivity contribution in [3.8, 4) is 0 Å². The Bertz CT molecular complexity index is 741. The lowest BCUT2D eigenvalue weighted by Crippen LogP contribution is -2.13. The van der Waals surface area contributed by atoms with Crippen molar-refractivity contribution >= 4 is 43.8 Å². The summed E-state index contributed by atoms with van der Waals surface area (Å²) >= 11 is 7.09. The number of rotatable bonds is 4. The van der Waals surface area contributed by atoms with E-state index in [1.54, 1.807) is 0 Å². The standard InChI is InChI=1S/C12H14ClN3O2S2/c1-3-11-7(2)19-12(15-11)16-20(17,18)8-4-5-9(13)10(14)6-8/h4-6H,3,14H2,1-2H3,(H,15,16). The Labute approximate surface area is 126 Å². The van der Waals surface area contributed by atoms with Crippen LogP contribution in [0, 0.1) is 6.92 Å². The van der Waals surface area contributed by atoms with Crippen molar-refractivity contribution in [2.24, 2.45) is 0 Å². The predicted molar refractivity (Wildman–Crippen MR) is 82.9 cm³/mol. The molecule has 0 fully saturated rings. The second-order valence-electron chi connectivity index (χ2n) is 4.16. The van der Waals surface area contributed by atoms with E-state index in [9.17, 15) is 8.42 Å². The van der Waals surface area contributed by atoms with E-state index in [1.807, 2.05) is 13.8 Å². The van der Waals surface area contributed by atoms with Crippen molar-refractivity contribution in [3.63, 3.8) is 0 Å². The fourth-order valence-corrected chi connectivity index (χ4v) is 3.95. The molecular formula is C12H14ClN3O2S2. The first-order valence-corrected chi connectivity index (χ1v) is 8.55. The molecule has 0 amide bonds. The molecule has 0 bridgehead atoms. The molecule has 1 aromatic heterocycles. The second-order valence-corrected chi connectivity index (χ2v) is 7.46. The van der Waals surface area contributed by atoms with Crippen LogP contribution in [0.4, 0.5) is 10.8 Å². The Morgan fingerprint density at radius 1 is 1.45 bits per heavy atom. The SMILES string of the molecule is CCc1nc(NS(=O)(=O)c2ccc(Cl)c(N)c2)sc1C. The monoisotopic (exact) mass is 331 g/mol. The Morgan fingerprint density at radius 3 is 2.70 bits per heavy atom. The lowest BCUT2D eigenvalue weighted by molar-refractivity contribution is 0.601. The van der Waals surface area contributed by atoms with Gasteiger partial charge in [0.15, 0.2) is 5.13 Å². The van der Waals surface area contributed by atoms with E-state index in [2.05, 4.69) is 9.71 Å². The maximum absolute atomic E-state index is 12.2. The summed E-state index contributed by atoms with van der Waals surface area (Å²) in [6.45, 7) is 3.88. The predicted octanol–water partition coefficient (Wildman–Crippen LogP) is 3.05. The summed E-state index contributed by atoms with van der Waals surface area (Å²) in [6.07, 6.45) is 0.762. The minimum absolute atomic E-state index is 0.0605. The lowest BCUT2D eigenvalue weighted by atomic mass is 10.3. The first-order valence-electron chi connectivity index (χ1n) is 5.87. The molecule has 2 rings (SSSR count). The lowest BCUT2D eigenvalue weighted by Gasteiger charge is -2.06. The van der Waals surface area contributed by atoms with Crippen LogP contribution in [0.2, 0.25) is 5.02 Å². The number of nitrogen functional groups attached to an aromatic ring is 1. The molecule has 2 aromatic rings. The molecule has 8 heteroatoms. The number of nitrogens with two attached hydrogens (primary N) is 1. The number of aromatic nitrogens is 1. The van der Waals surface area contributed by atoms with Gasteiger partial charge in [-0.1, -0.05) is 18.5 Å². The van der Waals surface area contributed by atoms with Crippen LogP contribution in [-0.4, -0.2) is 13.4 Å². The highest BCUT2D eigenvalue weighted by Crippen LogP contribution is 2.27. The molecule has 1 aromatic carbocycles. The van der Waals surface area contributed by atoms with E-state index in [0.717, 1.165) is 17.0 Å². The maximum Gasteiger partial charge on any atom is 0.263 e. The number of hydrogen-bond acceptors (Lipinski definition) is 5. The average molecular weight is 332 g/mol. The molecular weight excluding hydrogens is 318 g/mol. The number of thiazole rings is 1. The van der Waals surface area contributed by atoms with Crippen molar-refractivity contribution in [1.82, 2.24) is 4.98 Å². The number of nitrogens with zero attached hydrogens (tertiary/aromatic N) is 1. The van der Waals surface area contributed by atoms with Gasteiger partial charge in [-0.2, -0.15) is 0 Å². The Balaban J connectivity index is 2.32.